The van der Waals surface area contributed by atoms with Gasteiger partial charge in [-0.3, -0.25) is 0 Å². The van der Waals surface area contributed by atoms with Gasteiger partial charge in [-0.05, 0) is 17.7 Å². The summed E-state index contributed by atoms with van der Waals surface area (Å²) in [5, 5.41) is 8.66. The van der Waals surface area contributed by atoms with Gasteiger partial charge in [-0.15, -0.1) is 0 Å². The van der Waals surface area contributed by atoms with Gasteiger partial charge in [-0.2, -0.15) is 5.26 Å². The number of hydrogen-bond acceptors (Lipinski definition) is 3. The van der Waals surface area contributed by atoms with E-state index in [2.05, 4.69) is 22.0 Å². The first-order valence-electron chi connectivity index (χ1n) is 4.76. The lowest BCUT2D eigenvalue weighted by molar-refractivity contribution is 0.297. The highest BCUT2D eigenvalue weighted by Gasteiger charge is 2.13. The molecule has 0 fully saturated rings. The zero-order valence-corrected chi connectivity index (χ0v) is 9.71. The van der Waals surface area contributed by atoms with E-state index in [0.717, 1.165) is 28.0 Å². The maximum Gasteiger partial charge on any atom is 0.162 e. The van der Waals surface area contributed by atoms with Crippen molar-refractivity contribution in [2.45, 2.75) is 12.8 Å². The van der Waals surface area contributed by atoms with Gasteiger partial charge in [-0.1, -0.05) is 15.9 Å². The van der Waals surface area contributed by atoms with Crippen LogP contribution < -0.4 is 9.47 Å². The molecule has 1 aromatic carbocycles. The molecule has 0 aliphatic carbocycles. The molecule has 3 nitrogen and oxygen atoms in total. The summed E-state index contributed by atoms with van der Waals surface area (Å²) >= 11 is 3.42. The third-order valence-electron chi connectivity index (χ3n) is 2.19. The average molecular weight is 268 g/mol. The van der Waals surface area contributed by atoms with Crippen LogP contribution in [0.5, 0.6) is 11.5 Å². The van der Waals surface area contributed by atoms with Crippen molar-refractivity contribution >= 4 is 15.9 Å². The molecule has 78 valence electrons. The summed E-state index contributed by atoms with van der Waals surface area (Å²) in [4.78, 5) is 0. The molecule has 0 saturated carbocycles. The Kier molecular flexibility index (Phi) is 3.12. The van der Waals surface area contributed by atoms with E-state index in [4.69, 9.17) is 14.7 Å². The molecule has 1 aromatic rings. The summed E-state index contributed by atoms with van der Waals surface area (Å²) in [6.45, 7) is 1.34. The second kappa shape index (κ2) is 4.54. The molecule has 0 aromatic heterocycles. The highest BCUT2D eigenvalue weighted by Crippen LogP contribution is 2.35. The fourth-order valence-electron chi connectivity index (χ4n) is 1.45. The minimum atomic E-state index is 0.372. The molecule has 0 amide bonds. The number of nitriles is 1. The summed E-state index contributed by atoms with van der Waals surface area (Å²) in [6, 6.07) is 5.86. The Bertz CT molecular complexity index is 412. The lowest BCUT2D eigenvalue weighted by atomic mass is 10.1. The van der Waals surface area contributed by atoms with E-state index in [1.54, 1.807) is 0 Å². The number of fused-ring (bicyclic) bond motifs is 1. The van der Waals surface area contributed by atoms with Crippen LogP contribution in [0.2, 0.25) is 0 Å². The van der Waals surface area contributed by atoms with Gasteiger partial charge in [0.05, 0.1) is 25.7 Å². The first-order valence-corrected chi connectivity index (χ1v) is 5.55. The molecule has 0 radical (unpaired) electrons. The maximum atomic E-state index is 8.66. The van der Waals surface area contributed by atoms with Gasteiger partial charge in [-0.25, -0.2) is 0 Å². The van der Waals surface area contributed by atoms with Crippen molar-refractivity contribution in [3.8, 4) is 17.6 Å². The molecule has 0 saturated heterocycles. The van der Waals surface area contributed by atoms with Gasteiger partial charge in [0.2, 0.25) is 0 Å². The lowest BCUT2D eigenvalue weighted by Gasteiger charge is -2.09. The Hall–Kier alpha value is -1.21. The van der Waals surface area contributed by atoms with Crippen molar-refractivity contribution in [1.29, 1.82) is 5.26 Å². The summed E-state index contributed by atoms with van der Waals surface area (Å²) in [5.74, 6) is 1.49. The normalized spacial score (nSPS) is 14.1. The van der Waals surface area contributed by atoms with Crippen LogP contribution in [0, 0.1) is 11.3 Å². The predicted octanol–water partition coefficient (Wildman–Crippen LogP) is 2.68. The molecule has 0 unspecified atom stereocenters. The molecule has 0 bridgehead atoms. The van der Waals surface area contributed by atoms with Gasteiger partial charge in [0, 0.05) is 10.9 Å². The van der Waals surface area contributed by atoms with Crippen LogP contribution in [0.4, 0.5) is 0 Å². The zero-order chi connectivity index (χ0) is 10.7. The van der Waals surface area contributed by atoms with Crippen molar-refractivity contribution in [2.24, 2.45) is 0 Å². The number of nitrogens with zero attached hydrogens (tertiary/aromatic N) is 1. The smallest absolute Gasteiger partial charge is 0.162 e. The van der Waals surface area contributed by atoms with E-state index in [1.165, 1.54) is 0 Å². The Labute approximate surface area is 96.7 Å². The van der Waals surface area contributed by atoms with Crippen molar-refractivity contribution in [2.75, 3.05) is 13.2 Å². The monoisotopic (exact) mass is 267 g/mol. The summed E-state index contributed by atoms with van der Waals surface area (Å²) in [5.41, 5.74) is 0.932. The van der Waals surface area contributed by atoms with Crippen molar-refractivity contribution in [3.63, 3.8) is 0 Å². The third-order valence-corrected chi connectivity index (χ3v) is 2.92. The SMILES string of the molecule is N#CCc1cc2c(cc1Br)OCCCO2. The fourth-order valence-corrected chi connectivity index (χ4v) is 1.91. The van der Waals surface area contributed by atoms with Gasteiger partial charge in [0.15, 0.2) is 11.5 Å². The Morgan fingerprint density at radius 3 is 2.60 bits per heavy atom. The second-order valence-electron chi connectivity index (χ2n) is 3.28. The summed E-state index contributed by atoms with van der Waals surface area (Å²) < 4.78 is 12.0. The molecule has 1 aliphatic heterocycles. The van der Waals surface area contributed by atoms with E-state index in [-0.39, 0.29) is 0 Å². The number of hydrogen-bond donors (Lipinski definition) is 0. The maximum absolute atomic E-state index is 8.66. The zero-order valence-electron chi connectivity index (χ0n) is 8.12. The number of halogens is 1. The van der Waals surface area contributed by atoms with E-state index in [0.29, 0.717) is 19.6 Å². The molecule has 15 heavy (non-hydrogen) atoms. The quantitative estimate of drug-likeness (QED) is 0.786. The molecule has 0 spiro atoms. The Balaban J connectivity index is 2.39. The first kappa shape index (κ1) is 10.3. The minimum absolute atomic E-state index is 0.372. The Morgan fingerprint density at radius 1 is 1.27 bits per heavy atom. The molecular weight excluding hydrogens is 258 g/mol. The van der Waals surface area contributed by atoms with E-state index < -0.39 is 0 Å². The topological polar surface area (TPSA) is 42.2 Å². The van der Waals surface area contributed by atoms with Crippen LogP contribution in [0.15, 0.2) is 16.6 Å². The van der Waals surface area contributed by atoms with Crippen LogP contribution in [-0.4, -0.2) is 13.2 Å². The van der Waals surface area contributed by atoms with Gasteiger partial charge in [0.1, 0.15) is 0 Å². The molecule has 1 heterocycles. The van der Waals surface area contributed by atoms with Crippen LogP contribution >= 0.6 is 15.9 Å². The number of ether oxygens (including phenoxy) is 2. The largest absolute Gasteiger partial charge is 0.490 e. The molecule has 0 N–H and O–H groups in total. The highest BCUT2D eigenvalue weighted by molar-refractivity contribution is 9.10. The molecule has 1 aliphatic rings. The Morgan fingerprint density at radius 2 is 1.93 bits per heavy atom. The van der Waals surface area contributed by atoms with Crippen LogP contribution in [-0.2, 0) is 6.42 Å². The third kappa shape index (κ3) is 2.24. The van der Waals surface area contributed by atoms with Crippen LogP contribution in [0.25, 0.3) is 0 Å². The molecular formula is C11H10BrNO2. The molecule has 4 heteroatoms. The van der Waals surface area contributed by atoms with Crippen molar-refractivity contribution in [3.05, 3.63) is 22.2 Å². The summed E-state index contributed by atoms with van der Waals surface area (Å²) in [7, 11) is 0. The summed E-state index contributed by atoms with van der Waals surface area (Å²) in [6.07, 6.45) is 1.26. The predicted molar refractivity (Wildman–Crippen MR) is 59.1 cm³/mol. The standard InChI is InChI=1S/C11H10BrNO2/c12-9-7-11-10(6-8(9)2-3-13)14-4-1-5-15-11/h6-7H,1-2,4-5H2. The lowest BCUT2D eigenvalue weighted by Crippen LogP contribution is -1.97. The molecule has 0 atom stereocenters. The van der Waals surface area contributed by atoms with E-state index >= 15 is 0 Å². The number of benzene rings is 1. The average Bonchev–Trinajstić information content (AvgIpc) is 2.44. The highest BCUT2D eigenvalue weighted by atomic mass is 79.9. The molecule has 2 rings (SSSR count). The van der Waals surface area contributed by atoms with Gasteiger partial charge in [0.25, 0.3) is 0 Å². The van der Waals surface area contributed by atoms with Gasteiger partial charge >= 0.3 is 0 Å². The van der Waals surface area contributed by atoms with Crippen LogP contribution in [0.3, 0.4) is 0 Å². The fraction of sp³-hybridized carbons (Fsp3) is 0.364. The van der Waals surface area contributed by atoms with E-state index in [9.17, 15) is 0 Å². The van der Waals surface area contributed by atoms with E-state index in [1.807, 2.05) is 12.1 Å². The first-order chi connectivity index (χ1) is 7.31. The minimum Gasteiger partial charge on any atom is -0.490 e. The van der Waals surface area contributed by atoms with Crippen molar-refractivity contribution in [1.82, 2.24) is 0 Å². The van der Waals surface area contributed by atoms with Crippen LogP contribution in [0.1, 0.15) is 12.0 Å². The second-order valence-corrected chi connectivity index (χ2v) is 4.13. The van der Waals surface area contributed by atoms with Gasteiger partial charge < -0.3 is 9.47 Å². The number of rotatable bonds is 1. The van der Waals surface area contributed by atoms with Crippen molar-refractivity contribution < 1.29 is 9.47 Å².